The first-order chi connectivity index (χ1) is 14.5. The fraction of sp³-hybridized carbons (Fsp3) is 0.320. The molecule has 0 saturated heterocycles. The van der Waals surface area contributed by atoms with Crippen molar-refractivity contribution < 1.29 is 14.3 Å². The Morgan fingerprint density at radius 1 is 0.767 bits per heavy atom. The molecule has 0 radical (unpaired) electrons. The first kappa shape index (κ1) is 21.8. The fourth-order valence-electron chi connectivity index (χ4n) is 3.48. The van der Waals surface area contributed by atoms with Gasteiger partial charge >= 0.3 is 0 Å². The first-order valence-corrected chi connectivity index (χ1v) is 10.2. The summed E-state index contributed by atoms with van der Waals surface area (Å²) in [7, 11) is 4.04. The molecule has 1 aliphatic rings. The van der Waals surface area contributed by atoms with E-state index in [2.05, 4.69) is 23.0 Å². The lowest BCUT2D eigenvalue weighted by Crippen LogP contribution is -2.24. The van der Waals surface area contributed by atoms with Crippen LogP contribution in [0.4, 0.5) is 0 Å². The van der Waals surface area contributed by atoms with E-state index in [1.807, 2.05) is 62.6 Å². The number of hydrogen-bond acceptors (Lipinski definition) is 5. The maximum atomic E-state index is 13.0. The highest BCUT2D eigenvalue weighted by Crippen LogP contribution is 2.39. The minimum atomic E-state index is 0.0171. The first-order valence-electron chi connectivity index (χ1n) is 10.2. The zero-order valence-electron chi connectivity index (χ0n) is 17.9. The second kappa shape index (κ2) is 10.2. The molecule has 1 aliphatic carbocycles. The van der Waals surface area contributed by atoms with E-state index in [4.69, 9.17) is 9.47 Å². The number of rotatable bonds is 12. The normalized spacial score (nSPS) is 12.1. The Morgan fingerprint density at radius 2 is 1.20 bits per heavy atom. The molecule has 0 fully saturated rings. The molecule has 0 aliphatic heterocycles. The molecule has 3 rings (SSSR count). The van der Waals surface area contributed by atoms with Crippen molar-refractivity contribution in [1.82, 2.24) is 9.80 Å². The van der Waals surface area contributed by atoms with Gasteiger partial charge in [-0.25, -0.2) is 0 Å². The Morgan fingerprint density at radius 3 is 1.60 bits per heavy atom. The van der Waals surface area contributed by atoms with E-state index in [1.165, 1.54) is 0 Å². The molecule has 0 N–H and O–H groups in total. The van der Waals surface area contributed by atoms with E-state index in [0.717, 1.165) is 37.3 Å². The molecule has 0 heterocycles. The molecular formula is C25H30N2O3. The lowest BCUT2D eigenvalue weighted by atomic mass is 10.1. The SMILES string of the molecule is C=CCN(C)CCOc1ccc2c(c1)C(=O)c1cc(OCCN(C)CC=C)ccc1-2. The average Bonchev–Trinajstić information content (AvgIpc) is 3.00. The smallest absolute Gasteiger partial charge is 0.194 e. The quantitative estimate of drug-likeness (QED) is 0.427. The third-order valence-electron chi connectivity index (χ3n) is 5.13. The molecule has 30 heavy (non-hydrogen) atoms. The van der Waals surface area contributed by atoms with Gasteiger partial charge in [-0.05, 0) is 61.6 Å². The zero-order chi connectivity index (χ0) is 21.5. The fourth-order valence-corrected chi connectivity index (χ4v) is 3.48. The van der Waals surface area contributed by atoms with E-state index < -0.39 is 0 Å². The van der Waals surface area contributed by atoms with Crippen molar-refractivity contribution in [2.45, 2.75) is 0 Å². The van der Waals surface area contributed by atoms with Crippen molar-refractivity contribution in [1.29, 1.82) is 0 Å². The van der Waals surface area contributed by atoms with E-state index >= 15 is 0 Å². The third kappa shape index (κ3) is 5.17. The summed E-state index contributed by atoms with van der Waals surface area (Å²) in [6.07, 6.45) is 3.73. The molecule has 0 amide bonds. The molecular weight excluding hydrogens is 376 g/mol. The summed E-state index contributed by atoms with van der Waals surface area (Å²) in [5.41, 5.74) is 3.27. The van der Waals surface area contributed by atoms with Gasteiger partial charge in [-0.2, -0.15) is 0 Å². The van der Waals surface area contributed by atoms with Crippen molar-refractivity contribution >= 4 is 5.78 Å². The summed E-state index contributed by atoms with van der Waals surface area (Å²) in [4.78, 5) is 17.2. The van der Waals surface area contributed by atoms with Gasteiger partial charge < -0.3 is 9.47 Å². The van der Waals surface area contributed by atoms with Gasteiger partial charge in [0.05, 0.1) is 0 Å². The molecule has 5 heteroatoms. The Kier molecular flexibility index (Phi) is 7.44. The third-order valence-corrected chi connectivity index (χ3v) is 5.13. The standard InChI is InChI=1S/C25H30N2O3/c1-5-11-26(3)13-15-29-19-7-9-21-22-10-8-20(30-16-14-27(4)12-6-2)18-24(22)25(28)23(21)17-19/h5-10,17-18H,1-2,11-16H2,3-4H3. The summed E-state index contributed by atoms with van der Waals surface area (Å²) in [6, 6.07) is 11.5. The predicted molar refractivity (Wildman–Crippen MR) is 122 cm³/mol. The number of benzene rings is 2. The van der Waals surface area contributed by atoms with E-state index in [-0.39, 0.29) is 5.78 Å². The van der Waals surface area contributed by atoms with E-state index in [0.29, 0.717) is 35.8 Å². The summed E-state index contributed by atoms with van der Waals surface area (Å²) < 4.78 is 11.7. The van der Waals surface area contributed by atoms with Crippen molar-refractivity contribution in [3.63, 3.8) is 0 Å². The zero-order valence-corrected chi connectivity index (χ0v) is 17.9. The summed E-state index contributed by atoms with van der Waals surface area (Å²) in [5, 5.41) is 0. The minimum absolute atomic E-state index is 0.0171. The van der Waals surface area contributed by atoms with Crippen LogP contribution in [0.3, 0.4) is 0 Å². The molecule has 0 spiro atoms. The number of ether oxygens (including phenoxy) is 2. The number of likely N-dealkylation sites (N-methyl/N-ethyl adjacent to an activating group) is 2. The number of ketones is 1. The van der Waals surface area contributed by atoms with Gasteiger partial charge in [0.15, 0.2) is 5.78 Å². The minimum Gasteiger partial charge on any atom is -0.492 e. The van der Waals surface area contributed by atoms with Crippen LogP contribution in [0.25, 0.3) is 11.1 Å². The van der Waals surface area contributed by atoms with E-state index in [9.17, 15) is 4.79 Å². The molecule has 2 aromatic carbocycles. The monoisotopic (exact) mass is 406 g/mol. The van der Waals surface area contributed by atoms with Gasteiger partial charge in [0.25, 0.3) is 0 Å². The number of nitrogens with zero attached hydrogens (tertiary/aromatic N) is 2. The van der Waals surface area contributed by atoms with Gasteiger partial charge in [0, 0.05) is 37.3 Å². The summed E-state index contributed by atoms with van der Waals surface area (Å²) in [5.74, 6) is 1.44. The van der Waals surface area contributed by atoms with Crippen molar-refractivity contribution in [2.24, 2.45) is 0 Å². The Balaban J connectivity index is 1.64. The second-order valence-corrected chi connectivity index (χ2v) is 7.54. The van der Waals surface area contributed by atoms with Crippen LogP contribution in [0.1, 0.15) is 15.9 Å². The van der Waals surface area contributed by atoms with Crippen LogP contribution in [0.5, 0.6) is 11.5 Å². The largest absolute Gasteiger partial charge is 0.492 e. The number of fused-ring (bicyclic) bond motifs is 3. The summed E-state index contributed by atoms with van der Waals surface area (Å²) >= 11 is 0. The highest BCUT2D eigenvalue weighted by atomic mass is 16.5. The van der Waals surface area contributed by atoms with Gasteiger partial charge in [-0.1, -0.05) is 12.2 Å². The Labute approximate surface area is 179 Å². The molecule has 2 aromatic rings. The van der Waals surface area contributed by atoms with Crippen LogP contribution < -0.4 is 9.47 Å². The van der Waals surface area contributed by atoms with Crippen LogP contribution in [0.2, 0.25) is 0 Å². The van der Waals surface area contributed by atoms with Crippen molar-refractivity contribution in [3.05, 3.63) is 72.8 Å². The number of carbonyl (C=O) groups is 1. The van der Waals surface area contributed by atoms with Gasteiger partial charge in [-0.3, -0.25) is 14.6 Å². The lowest BCUT2D eigenvalue weighted by Gasteiger charge is -2.15. The van der Waals surface area contributed by atoms with Crippen LogP contribution in [0.15, 0.2) is 61.7 Å². The van der Waals surface area contributed by atoms with E-state index in [1.54, 1.807) is 0 Å². The highest BCUT2D eigenvalue weighted by Gasteiger charge is 2.27. The molecule has 0 bridgehead atoms. The lowest BCUT2D eigenvalue weighted by molar-refractivity contribution is 0.104. The number of carbonyl (C=O) groups excluding carboxylic acids is 1. The molecule has 0 aromatic heterocycles. The molecule has 0 atom stereocenters. The van der Waals surface area contributed by atoms with Gasteiger partial charge in [0.1, 0.15) is 24.7 Å². The van der Waals surface area contributed by atoms with Crippen LogP contribution in [0, 0.1) is 0 Å². The molecule has 5 nitrogen and oxygen atoms in total. The van der Waals surface area contributed by atoms with Crippen LogP contribution >= 0.6 is 0 Å². The number of hydrogen-bond donors (Lipinski definition) is 0. The topological polar surface area (TPSA) is 42.0 Å². The average molecular weight is 407 g/mol. The Hall–Kier alpha value is -2.89. The molecule has 0 saturated carbocycles. The van der Waals surface area contributed by atoms with Crippen molar-refractivity contribution in [2.75, 3.05) is 53.5 Å². The van der Waals surface area contributed by atoms with Crippen LogP contribution in [-0.2, 0) is 0 Å². The second-order valence-electron chi connectivity index (χ2n) is 7.54. The predicted octanol–water partition coefficient (Wildman–Crippen LogP) is 3.89. The Bertz CT molecular complexity index is 849. The maximum absolute atomic E-state index is 13.0. The molecule has 0 unspecified atom stereocenters. The maximum Gasteiger partial charge on any atom is 0.194 e. The van der Waals surface area contributed by atoms with Crippen molar-refractivity contribution in [3.8, 4) is 22.6 Å². The molecule has 158 valence electrons. The van der Waals surface area contributed by atoms with Gasteiger partial charge in [0.2, 0.25) is 0 Å². The van der Waals surface area contributed by atoms with Crippen LogP contribution in [-0.4, -0.2) is 69.1 Å². The summed E-state index contributed by atoms with van der Waals surface area (Å²) in [6.45, 7) is 11.8. The van der Waals surface area contributed by atoms with Gasteiger partial charge in [-0.15, -0.1) is 13.2 Å². The highest BCUT2D eigenvalue weighted by molar-refractivity contribution is 6.22.